The molecule has 1 aromatic heterocycles. The van der Waals surface area contributed by atoms with Crippen LogP contribution in [0.3, 0.4) is 0 Å². The van der Waals surface area contributed by atoms with Crippen molar-refractivity contribution < 1.29 is 19.1 Å². The predicted molar refractivity (Wildman–Crippen MR) is 54.8 cm³/mol. The minimum atomic E-state index is -0.696. The van der Waals surface area contributed by atoms with Crippen molar-refractivity contribution in [1.82, 2.24) is 9.67 Å². The Labute approximate surface area is 97.0 Å². The van der Waals surface area contributed by atoms with E-state index in [0.29, 0.717) is 0 Å². The first kappa shape index (κ1) is 13.1. The van der Waals surface area contributed by atoms with Crippen molar-refractivity contribution in [3.8, 4) is 0 Å². The van der Waals surface area contributed by atoms with Crippen LogP contribution in [0.5, 0.6) is 0 Å². The van der Waals surface area contributed by atoms with Crippen LogP contribution in [0.1, 0.15) is 12.6 Å². The lowest BCUT2D eigenvalue weighted by Gasteiger charge is -2.06. The van der Waals surface area contributed by atoms with Crippen LogP contribution in [0.4, 0.5) is 0 Å². The molecule has 0 radical (unpaired) electrons. The minimum Gasteiger partial charge on any atom is -0.594 e. The second-order valence-corrected chi connectivity index (χ2v) is 3.27. The van der Waals surface area contributed by atoms with Gasteiger partial charge in [0.15, 0.2) is 0 Å². The van der Waals surface area contributed by atoms with Crippen LogP contribution in [-0.4, -0.2) is 28.8 Å². The van der Waals surface area contributed by atoms with Gasteiger partial charge in [-0.2, -0.15) is 0 Å². The summed E-state index contributed by atoms with van der Waals surface area (Å²) in [4.78, 5) is 21.9. The highest BCUT2D eigenvalue weighted by Gasteiger charge is 2.06. The molecule has 0 atom stereocenters. The molecule has 0 fully saturated rings. The van der Waals surface area contributed by atoms with E-state index in [0.717, 1.165) is 4.57 Å². The molecule has 0 aliphatic heterocycles. The third-order valence-electron chi connectivity index (χ3n) is 1.83. The van der Waals surface area contributed by atoms with Gasteiger partial charge >= 0.3 is 11.7 Å². The molecule has 0 aromatic carbocycles. The minimum absolute atomic E-state index is 0.0468. The Morgan fingerprint density at radius 1 is 1.59 bits per heavy atom. The van der Waals surface area contributed by atoms with E-state index in [1.807, 2.05) is 0 Å². The number of ether oxygens (including phenoxy) is 2. The Balaban J connectivity index is 2.44. The number of hydrogen-bond donors (Lipinski definition) is 0. The second kappa shape index (κ2) is 5.94. The largest absolute Gasteiger partial charge is 0.594 e. The maximum Gasteiger partial charge on any atom is 0.411 e. The number of nitrogens with zero attached hydrogens (tertiary/aromatic N) is 3. The lowest BCUT2D eigenvalue weighted by Crippen LogP contribution is -2.44. The van der Waals surface area contributed by atoms with Gasteiger partial charge in [0.05, 0.1) is 17.9 Å². The summed E-state index contributed by atoms with van der Waals surface area (Å²) in [6, 6.07) is 0. The van der Waals surface area contributed by atoms with E-state index >= 15 is 0 Å². The monoisotopic (exact) mass is 243 g/mol. The Morgan fingerprint density at radius 3 is 2.94 bits per heavy atom. The van der Waals surface area contributed by atoms with Crippen molar-refractivity contribution in [2.24, 2.45) is 0 Å². The normalized spacial score (nSPS) is 10.2. The quantitative estimate of drug-likeness (QED) is 0.276. The number of hydrogen-bond acceptors (Lipinski definition) is 6. The predicted octanol–water partition coefficient (Wildman–Crippen LogP) is -1.28. The smallest absolute Gasteiger partial charge is 0.411 e. The highest BCUT2D eigenvalue weighted by Crippen LogP contribution is 1.86. The Kier molecular flexibility index (Phi) is 4.58. The maximum atomic E-state index is 11.2. The van der Waals surface area contributed by atoms with E-state index in [2.05, 4.69) is 9.84 Å². The van der Waals surface area contributed by atoms with Gasteiger partial charge in [-0.05, 0) is 4.85 Å². The number of esters is 1. The molecule has 0 aliphatic carbocycles. The van der Waals surface area contributed by atoms with Crippen LogP contribution in [0.25, 0.3) is 0 Å². The number of carbonyl (C=O) groups is 1. The topological polar surface area (TPSA) is 97.4 Å². The summed E-state index contributed by atoms with van der Waals surface area (Å²) in [6.45, 7) is 3.05. The summed E-state index contributed by atoms with van der Waals surface area (Å²) in [6.07, 6.45) is 1.34. The van der Waals surface area contributed by atoms with Crippen molar-refractivity contribution >= 4 is 5.97 Å². The Hall–Kier alpha value is -1.96. The van der Waals surface area contributed by atoms with E-state index in [1.54, 1.807) is 0 Å². The molecule has 1 heterocycles. The molecule has 17 heavy (non-hydrogen) atoms. The fourth-order valence-electron chi connectivity index (χ4n) is 1.04. The van der Waals surface area contributed by atoms with Crippen molar-refractivity contribution in [1.29, 1.82) is 0 Å². The first-order valence-electron chi connectivity index (χ1n) is 4.89. The fourth-order valence-corrected chi connectivity index (χ4v) is 1.04. The van der Waals surface area contributed by atoms with Crippen LogP contribution in [0.2, 0.25) is 0 Å². The molecule has 1 rings (SSSR count). The highest BCUT2D eigenvalue weighted by atomic mass is 16.6. The van der Waals surface area contributed by atoms with Crippen molar-refractivity contribution in [3.63, 3.8) is 0 Å². The first-order chi connectivity index (χ1) is 8.00. The summed E-state index contributed by atoms with van der Waals surface area (Å²) < 4.78 is 10.9. The van der Waals surface area contributed by atoms with E-state index in [-0.39, 0.29) is 30.5 Å². The van der Waals surface area contributed by atoms with Crippen LogP contribution in [-0.2, 0) is 21.0 Å². The molecule has 8 heteroatoms. The van der Waals surface area contributed by atoms with Gasteiger partial charge in [0.25, 0.3) is 0 Å². The van der Waals surface area contributed by atoms with Crippen LogP contribution >= 0.6 is 0 Å². The molecule has 0 saturated heterocycles. The third kappa shape index (κ3) is 4.19. The molecule has 1 aromatic rings. The van der Waals surface area contributed by atoms with Crippen molar-refractivity contribution in [2.45, 2.75) is 20.6 Å². The van der Waals surface area contributed by atoms with Gasteiger partial charge in [-0.3, -0.25) is 9.36 Å². The maximum absolute atomic E-state index is 11.2. The van der Waals surface area contributed by atoms with Crippen molar-refractivity contribution in [3.05, 3.63) is 27.6 Å². The Morgan fingerprint density at radius 2 is 2.29 bits per heavy atom. The summed E-state index contributed by atoms with van der Waals surface area (Å²) in [5, 5.41) is 14.1. The zero-order chi connectivity index (χ0) is 12.8. The summed E-state index contributed by atoms with van der Waals surface area (Å²) in [5.74, 6) is -0.393. The second-order valence-electron chi connectivity index (χ2n) is 3.27. The lowest BCUT2D eigenvalue weighted by molar-refractivity contribution is -0.678. The SMILES string of the molecule is CC(=O)OCCOCn1cc(C)[n+]([O-])nc1=O. The first-order valence-corrected chi connectivity index (χ1v) is 4.89. The fraction of sp³-hybridized carbons (Fsp3) is 0.556. The van der Waals surface area contributed by atoms with Crippen LogP contribution in [0.15, 0.2) is 11.0 Å². The molecule has 0 amide bonds. The Bertz CT molecular complexity index is 456. The van der Waals surface area contributed by atoms with Gasteiger partial charge in [0.1, 0.15) is 13.3 Å². The van der Waals surface area contributed by atoms with E-state index in [9.17, 15) is 14.8 Å². The van der Waals surface area contributed by atoms with E-state index in [4.69, 9.17) is 4.74 Å². The molecule has 0 aliphatic rings. The standard InChI is InChI=1S/C9H13N3O5/c1-7-5-11(9(14)10-12(7)15)6-16-3-4-17-8(2)13/h5H,3-4,6H2,1-2H3. The van der Waals surface area contributed by atoms with Gasteiger partial charge in [0, 0.05) is 13.8 Å². The number of aryl methyl sites for hydroxylation is 1. The molecule has 0 saturated carbocycles. The molecule has 94 valence electrons. The zero-order valence-electron chi connectivity index (χ0n) is 9.58. The molecule has 0 N–H and O–H groups in total. The molecule has 0 spiro atoms. The van der Waals surface area contributed by atoms with Gasteiger partial charge in [0.2, 0.25) is 5.69 Å². The lowest BCUT2D eigenvalue weighted by atomic mass is 10.5. The van der Waals surface area contributed by atoms with Crippen LogP contribution in [0, 0.1) is 12.1 Å². The van der Waals surface area contributed by atoms with Crippen molar-refractivity contribution in [2.75, 3.05) is 13.2 Å². The molecular formula is C9H13N3O5. The van der Waals surface area contributed by atoms with Gasteiger partial charge < -0.3 is 14.7 Å². The molecule has 0 bridgehead atoms. The average molecular weight is 243 g/mol. The molecule has 0 unspecified atom stereocenters. The van der Waals surface area contributed by atoms with Crippen LogP contribution < -0.4 is 10.5 Å². The molecular weight excluding hydrogens is 230 g/mol. The highest BCUT2D eigenvalue weighted by molar-refractivity contribution is 5.65. The summed E-state index contributed by atoms with van der Waals surface area (Å²) >= 11 is 0. The number of carbonyl (C=O) groups excluding carboxylic acids is 1. The average Bonchev–Trinajstić information content (AvgIpc) is 2.24. The molecule has 8 nitrogen and oxygen atoms in total. The third-order valence-corrected chi connectivity index (χ3v) is 1.83. The van der Waals surface area contributed by atoms with Gasteiger partial charge in [-0.1, -0.05) is 0 Å². The van der Waals surface area contributed by atoms with Gasteiger partial charge in [-0.15, -0.1) is 0 Å². The number of aromatic nitrogens is 3. The summed E-state index contributed by atoms with van der Waals surface area (Å²) in [5.41, 5.74) is -0.411. The van der Waals surface area contributed by atoms with Gasteiger partial charge in [-0.25, -0.2) is 4.79 Å². The van der Waals surface area contributed by atoms with E-state index in [1.165, 1.54) is 20.0 Å². The summed E-state index contributed by atoms with van der Waals surface area (Å²) in [7, 11) is 0. The van der Waals surface area contributed by atoms with E-state index < -0.39 is 11.7 Å². The number of rotatable bonds is 5. The zero-order valence-corrected chi connectivity index (χ0v) is 9.58.